The van der Waals surface area contributed by atoms with Gasteiger partial charge < -0.3 is 5.32 Å². The van der Waals surface area contributed by atoms with Crippen molar-refractivity contribution in [3.8, 4) is 0 Å². The molecular weight excluding hydrogens is 270 g/mol. The quantitative estimate of drug-likeness (QED) is 0.842. The Morgan fingerprint density at radius 2 is 1.65 bits per heavy atom. The topological polar surface area (TPSA) is 29.1 Å². The van der Waals surface area contributed by atoms with Gasteiger partial charge >= 0.3 is 0 Å². The Balaban J connectivity index is 2.33. The van der Waals surface area contributed by atoms with Crippen LogP contribution in [0.1, 0.15) is 32.6 Å². The number of rotatable bonds is 2. The van der Waals surface area contributed by atoms with Crippen LogP contribution in [0.4, 0.5) is 5.69 Å². The van der Waals surface area contributed by atoms with Crippen LogP contribution in [0.3, 0.4) is 0 Å². The van der Waals surface area contributed by atoms with Gasteiger partial charge in [0.05, 0.1) is 0 Å². The number of anilines is 1. The lowest BCUT2D eigenvalue weighted by molar-refractivity contribution is 0.102. The van der Waals surface area contributed by atoms with Crippen molar-refractivity contribution in [1.29, 1.82) is 0 Å². The van der Waals surface area contributed by atoms with Crippen LogP contribution in [-0.4, -0.2) is 5.91 Å². The number of carbonyl (C=O) groups excluding carboxylic acids is 1. The van der Waals surface area contributed by atoms with Gasteiger partial charge in [-0.3, -0.25) is 4.79 Å². The third-order valence-electron chi connectivity index (χ3n) is 3.60. The predicted molar refractivity (Wildman–Crippen MR) is 84.8 cm³/mol. The van der Waals surface area contributed by atoms with E-state index in [-0.39, 0.29) is 5.91 Å². The second kappa shape index (κ2) is 5.68. The van der Waals surface area contributed by atoms with Crippen molar-refractivity contribution in [3.05, 3.63) is 63.2 Å². The summed E-state index contributed by atoms with van der Waals surface area (Å²) in [4.78, 5) is 12.4. The lowest BCUT2D eigenvalue weighted by atomic mass is 10.00. The summed E-state index contributed by atoms with van der Waals surface area (Å²) in [6.45, 7) is 7.90. The molecule has 20 heavy (non-hydrogen) atoms. The maximum Gasteiger partial charge on any atom is 0.255 e. The summed E-state index contributed by atoms with van der Waals surface area (Å²) in [7, 11) is 0. The molecule has 104 valence electrons. The Bertz CT molecular complexity index is 677. The van der Waals surface area contributed by atoms with Crippen LogP contribution >= 0.6 is 11.6 Å². The molecule has 0 aliphatic heterocycles. The van der Waals surface area contributed by atoms with Gasteiger partial charge in [-0.05, 0) is 68.1 Å². The van der Waals surface area contributed by atoms with Crippen molar-refractivity contribution in [2.75, 3.05) is 5.32 Å². The summed E-state index contributed by atoms with van der Waals surface area (Å²) in [5.41, 5.74) is 5.61. The van der Waals surface area contributed by atoms with E-state index in [9.17, 15) is 4.79 Å². The molecular formula is C17H18ClNO. The number of hydrogen-bond acceptors (Lipinski definition) is 1. The molecule has 2 rings (SSSR count). The monoisotopic (exact) mass is 287 g/mol. The number of benzene rings is 2. The number of halogens is 1. The van der Waals surface area contributed by atoms with Crippen LogP contribution in [0, 0.1) is 27.7 Å². The number of carbonyl (C=O) groups is 1. The van der Waals surface area contributed by atoms with Gasteiger partial charge in [-0.15, -0.1) is 0 Å². The summed E-state index contributed by atoms with van der Waals surface area (Å²) in [5, 5.41) is 3.58. The minimum absolute atomic E-state index is 0.101. The van der Waals surface area contributed by atoms with Crippen molar-refractivity contribution in [2.45, 2.75) is 27.7 Å². The van der Waals surface area contributed by atoms with Crippen molar-refractivity contribution in [1.82, 2.24) is 0 Å². The van der Waals surface area contributed by atoms with Crippen LogP contribution in [0.2, 0.25) is 5.02 Å². The SMILES string of the molecule is Cc1cc(C)c(C(=O)Nc2cccc(Cl)c2C)cc1C. The van der Waals surface area contributed by atoms with Gasteiger partial charge in [0.25, 0.3) is 5.91 Å². The standard InChI is InChI=1S/C17H18ClNO/c1-10-8-12(3)14(9-11(10)2)17(20)19-16-7-5-6-15(18)13(16)4/h5-9H,1-4H3,(H,19,20). The Hall–Kier alpha value is -1.80. The minimum Gasteiger partial charge on any atom is -0.322 e. The largest absolute Gasteiger partial charge is 0.322 e. The smallest absolute Gasteiger partial charge is 0.255 e. The third kappa shape index (κ3) is 2.86. The molecule has 0 saturated heterocycles. The maximum atomic E-state index is 12.4. The molecule has 0 atom stereocenters. The summed E-state index contributed by atoms with van der Waals surface area (Å²) in [6, 6.07) is 9.47. The molecule has 0 aliphatic rings. The molecule has 0 saturated carbocycles. The van der Waals surface area contributed by atoms with E-state index < -0.39 is 0 Å². The number of hydrogen-bond donors (Lipinski definition) is 1. The van der Waals surface area contributed by atoms with E-state index in [1.165, 1.54) is 5.56 Å². The van der Waals surface area contributed by atoms with E-state index in [4.69, 9.17) is 11.6 Å². The molecule has 2 nitrogen and oxygen atoms in total. The van der Waals surface area contributed by atoms with E-state index in [0.29, 0.717) is 10.6 Å². The lowest BCUT2D eigenvalue weighted by Crippen LogP contribution is -2.14. The molecule has 0 radical (unpaired) electrons. The average molecular weight is 288 g/mol. The molecule has 2 aromatic rings. The van der Waals surface area contributed by atoms with E-state index in [0.717, 1.165) is 22.4 Å². The second-order valence-corrected chi connectivity index (χ2v) is 5.53. The first-order valence-corrected chi connectivity index (χ1v) is 6.92. The molecule has 3 heteroatoms. The van der Waals surface area contributed by atoms with Gasteiger partial charge in [-0.25, -0.2) is 0 Å². The highest BCUT2D eigenvalue weighted by Gasteiger charge is 2.12. The van der Waals surface area contributed by atoms with Crippen LogP contribution in [0.15, 0.2) is 30.3 Å². The molecule has 1 N–H and O–H groups in total. The number of amides is 1. The summed E-state index contributed by atoms with van der Waals surface area (Å²) >= 11 is 6.07. The minimum atomic E-state index is -0.101. The molecule has 0 fully saturated rings. The molecule has 0 aliphatic carbocycles. The van der Waals surface area contributed by atoms with Gasteiger partial charge in [-0.1, -0.05) is 23.7 Å². The molecule has 0 aromatic heterocycles. The first kappa shape index (κ1) is 14.6. The van der Waals surface area contributed by atoms with Crippen LogP contribution in [0.25, 0.3) is 0 Å². The molecule has 1 amide bonds. The Kier molecular flexibility index (Phi) is 4.15. The summed E-state index contributed by atoms with van der Waals surface area (Å²) in [6.07, 6.45) is 0. The van der Waals surface area contributed by atoms with E-state index in [1.54, 1.807) is 0 Å². The van der Waals surface area contributed by atoms with E-state index >= 15 is 0 Å². The van der Waals surface area contributed by atoms with Gasteiger partial charge in [0.1, 0.15) is 0 Å². The lowest BCUT2D eigenvalue weighted by Gasteiger charge is -2.12. The van der Waals surface area contributed by atoms with Crippen LogP contribution in [-0.2, 0) is 0 Å². The summed E-state index contributed by atoms with van der Waals surface area (Å²) in [5.74, 6) is -0.101. The first-order valence-electron chi connectivity index (χ1n) is 6.54. The highest BCUT2D eigenvalue weighted by molar-refractivity contribution is 6.31. The molecule has 0 unspecified atom stereocenters. The fourth-order valence-corrected chi connectivity index (χ4v) is 2.31. The number of aryl methyl sites for hydroxylation is 3. The molecule has 2 aromatic carbocycles. The zero-order valence-corrected chi connectivity index (χ0v) is 12.9. The molecule has 0 heterocycles. The second-order valence-electron chi connectivity index (χ2n) is 5.12. The number of nitrogens with one attached hydrogen (secondary N) is 1. The predicted octanol–water partition coefficient (Wildman–Crippen LogP) is 4.83. The first-order chi connectivity index (χ1) is 9.40. The van der Waals surface area contributed by atoms with E-state index in [2.05, 4.69) is 5.32 Å². The van der Waals surface area contributed by atoms with Gasteiger partial charge in [0.2, 0.25) is 0 Å². The normalized spacial score (nSPS) is 10.4. The zero-order valence-electron chi connectivity index (χ0n) is 12.2. The highest BCUT2D eigenvalue weighted by Crippen LogP contribution is 2.24. The van der Waals surface area contributed by atoms with Gasteiger partial charge in [0, 0.05) is 16.3 Å². The fourth-order valence-electron chi connectivity index (χ4n) is 2.14. The van der Waals surface area contributed by atoms with Crippen LogP contribution in [0.5, 0.6) is 0 Å². The Morgan fingerprint density at radius 1 is 1.00 bits per heavy atom. The van der Waals surface area contributed by atoms with Gasteiger partial charge in [0.15, 0.2) is 0 Å². The third-order valence-corrected chi connectivity index (χ3v) is 4.01. The van der Waals surface area contributed by atoms with Gasteiger partial charge in [-0.2, -0.15) is 0 Å². The zero-order chi connectivity index (χ0) is 14.9. The average Bonchev–Trinajstić information content (AvgIpc) is 2.39. The Morgan fingerprint density at radius 3 is 2.35 bits per heavy atom. The van der Waals surface area contributed by atoms with E-state index in [1.807, 2.05) is 58.0 Å². The van der Waals surface area contributed by atoms with Crippen molar-refractivity contribution in [2.24, 2.45) is 0 Å². The van der Waals surface area contributed by atoms with Crippen molar-refractivity contribution >= 4 is 23.2 Å². The fraction of sp³-hybridized carbons (Fsp3) is 0.235. The maximum absolute atomic E-state index is 12.4. The molecule has 0 bridgehead atoms. The van der Waals surface area contributed by atoms with Crippen LogP contribution < -0.4 is 5.32 Å². The van der Waals surface area contributed by atoms with Crippen molar-refractivity contribution < 1.29 is 4.79 Å². The summed E-state index contributed by atoms with van der Waals surface area (Å²) < 4.78 is 0. The Labute approximate surface area is 124 Å². The highest BCUT2D eigenvalue weighted by atomic mass is 35.5. The molecule has 0 spiro atoms. The van der Waals surface area contributed by atoms with Crippen molar-refractivity contribution in [3.63, 3.8) is 0 Å².